The van der Waals surface area contributed by atoms with Gasteiger partial charge < -0.3 is 4.74 Å². The van der Waals surface area contributed by atoms with Crippen molar-refractivity contribution in [2.24, 2.45) is 0 Å². The van der Waals surface area contributed by atoms with Crippen LogP contribution in [0.4, 0.5) is 0 Å². The molecule has 1 heterocycles. The quantitative estimate of drug-likeness (QED) is 0.635. The number of fused-ring (bicyclic) bond motifs is 1. The molecule has 2 nitrogen and oxygen atoms in total. The summed E-state index contributed by atoms with van der Waals surface area (Å²) < 4.78 is 5.50. The van der Waals surface area contributed by atoms with E-state index in [9.17, 15) is 0 Å². The van der Waals surface area contributed by atoms with Gasteiger partial charge in [0.25, 0.3) is 0 Å². The summed E-state index contributed by atoms with van der Waals surface area (Å²) in [7, 11) is 0. The Bertz CT molecular complexity index is 395. The van der Waals surface area contributed by atoms with E-state index < -0.39 is 0 Å². The van der Waals surface area contributed by atoms with Crippen molar-refractivity contribution in [2.45, 2.75) is 19.4 Å². The average Bonchev–Trinajstić information content (AvgIpc) is 2.46. The van der Waals surface area contributed by atoms with Crippen molar-refractivity contribution in [1.82, 2.24) is 0 Å². The highest BCUT2D eigenvalue weighted by Gasteiger charge is 2.22. The molecule has 2 rings (SSSR count). The van der Waals surface area contributed by atoms with Gasteiger partial charge in [0, 0.05) is 12.0 Å². The van der Waals surface area contributed by atoms with Gasteiger partial charge in [-0.25, -0.2) is 0 Å². The molecule has 0 spiro atoms. The van der Waals surface area contributed by atoms with E-state index in [0.717, 1.165) is 17.7 Å². The van der Waals surface area contributed by atoms with E-state index >= 15 is 0 Å². The van der Waals surface area contributed by atoms with Crippen molar-refractivity contribution in [1.29, 1.82) is 5.26 Å². The third-order valence-corrected chi connectivity index (χ3v) is 2.36. The summed E-state index contributed by atoms with van der Waals surface area (Å²) in [4.78, 5) is 0. The summed E-state index contributed by atoms with van der Waals surface area (Å²) in [5.41, 5.74) is 1.64. The van der Waals surface area contributed by atoms with E-state index in [1.165, 1.54) is 0 Å². The van der Waals surface area contributed by atoms with Crippen LogP contribution in [0.1, 0.15) is 18.1 Å². The molecule has 1 unspecified atom stereocenters. The molecule has 0 aromatic heterocycles. The first-order valence-electron chi connectivity index (χ1n) is 4.10. The van der Waals surface area contributed by atoms with Gasteiger partial charge in [-0.1, -0.05) is 11.6 Å². The van der Waals surface area contributed by atoms with Gasteiger partial charge in [-0.15, -0.1) is 0 Å². The minimum atomic E-state index is 0.168. The Balaban J connectivity index is 2.54. The van der Waals surface area contributed by atoms with Gasteiger partial charge in [-0.2, -0.15) is 5.26 Å². The summed E-state index contributed by atoms with van der Waals surface area (Å²) in [6.45, 7) is 1.99. The van der Waals surface area contributed by atoms with Crippen molar-refractivity contribution < 1.29 is 4.74 Å². The van der Waals surface area contributed by atoms with E-state index in [1.54, 1.807) is 6.07 Å². The Morgan fingerprint density at radius 1 is 1.62 bits per heavy atom. The molecule has 1 aliphatic rings. The third-order valence-electron chi connectivity index (χ3n) is 2.08. The Morgan fingerprint density at radius 2 is 2.38 bits per heavy atom. The van der Waals surface area contributed by atoms with Crippen LogP contribution >= 0.6 is 11.6 Å². The molecule has 0 saturated carbocycles. The summed E-state index contributed by atoms with van der Waals surface area (Å²) in [6.07, 6.45) is 1.01. The maximum atomic E-state index is 8.71. The third kappa shape index (κ3) is 1.36. The first-order valence-corrected chi connectivity index (χ1v) is 4.47. The molecular weight excluding hydrogens is 186 g/mol. The Labute approximate surface area is 81.7 Å². The highest BCUT2D eigenvalue weighted by Crippen LogP contribution is 2.36. The van der Waals surface area contributed by atoms with Crippen LogP contribution in [0.15, 0.2) is 12.1 Å². The molecule has 0 saturated heterocycles. The van der Waals surface area contributed by atoms with E-state index in [0.29, 0.717) is 10.6 Å². The van der Waals surface area contributed by atoms with Gasteiger partial charge >= 0.3 is 0 Å². The molecule has 66 valence electrons. The molecule has 3 heteroatoms. The van der Waals surface area contributed by atoms with Crippen LogP contribution in [0.5, 0.6) is 5.75 Å². The number of rotatable bonds is 0. The van der Waals surface area contributed by atoms with E-state index in [2.05, 4.69) is 6.07 Å². The average molecular weight is 194 g/mol. The number of ether oxygens (including phenoxy) is 1. The maximum absolute atomic E-state index is 8.71. The number of hydrogen-bond acceptors (Lipinski definition) is 2. The second kappa shape index (κ2) is 2.93. The standard InChI is InChI=1S/C10H8ClNO/c1-6-2-8-3-7(5-12)4-9(11)10(8)13-6/h3-4,6H,2H2,1H3. The minimum Gasteiger partial charge on any atom is -0.489 e. The van der Waals surface area contributed by atoms with Crippen molar-refractivity contribution in [2.75, 3.05) is 0 Å². The van der Waals surface area contributed by atoms with E-state index in [4.69, 9.17) is 21.6 Å². The van der Waals surface area contributed by atoms with Gasteiger partial charge in [0.05, 0.1) is 16.7 Å². The molecule has 0 fully saturated rings. The number of benzene rings is 1. The Kier molecular flexibility index (Phi) is 1.90. The van der Waals surface area contributed by atoms with Crippen LogP contribution in [-0.4, -0.2) is 6.10 Å². The maximum Gasteiger partial charge on any atom is 0.141 e. The number of hydrogen-bond donors (Lipinski definition) is 0. The zero-order valence-electron chi connectivity index (χ0n) is 7.17. The summed E-state index contributed by atoms with van der Waals surface area (Å²) in [5, 5.41) is 9.25. The minimum absolute atomic E-state index is 0.168. The fraction of sp³-hybridized carbons (Fsp3) is 0.300. The number of nitriles is 1. The van der Waals surface area contributed by atoms with Crippen LogP contribution in [0, 0.1) is 11.3 Å². The van der Waals surface area contributed by atoms with Gasteiger partial charge in [0.1, 0.15) is 11.9 Å². The van der Waals surface area contributed by atoms with Gasteiger partial charge in [-0.3, -0.25) is 0 Å². The molecule has 0 amide bonds. The lowest BCUT2D eigenvalue weighted by Crippen LogP contribution is -2.05. The highest BCUT2D eigenvalue weighted by atomic mass is 35.5. The SMILES string of the molecule is CC1Cc2cc(C#N)cc(Cl)c2O1. The fourth-order valence-electron chi connectivity index (χ4n) is 1.55. The van der Waals surface area contributed by atoms with Crippen molar-refractivity contribution in [3.05, 3.63) is 28.3 Å². The van der Waals surface area contributed by atoms with Crippen LogP contribution in [0.3, 0.4) is 0 Å². The first-order chi connectivity index (χ1) is 6.20. The zero-order chi connectivity index (χ0) is 9.42. The molecule has 0 N–H and O–H groups in total. The first kappa shape index (κ1) is 8.40. The Morgan fingerprint density at radius 3 is 3.08 bits per heavy atom. The van der Waals surface area contributed by atoms with Crippen LogP contribution < -0.4 is 4.74 Å². The van der Waals surface area contributed by atoms with Crippen molar-refractivity contribution in [3.8, 4) is 11.8 Å². The van der Waals surface area contributed by atoms with Gasteiger partial charge in [-0.05, 0) is 19.1 Å². The number of nitrogens with zero attached hydrogens (tertiary/aromatic N) is 1. The van der Waals surface area contributed by atoms with Crippen LogP contribution in [0.2, 0.25) is 5.02 Å². The molecule has 1 atom stereocenters. The predicted octanol–water partition coefficient (Wildman–Crippen LogP) is 2.54. The van der Waals surface area contributed by atoms with Gasteiger partial charge in [0.15, 0.2) is 0 Å². The normalized spacial score (nSPS) is 19.0. The largest absolute Gasteiger partial charge is 0.489 e. The van der Waals surface area contributed by atoms with Gasteiger partial charge in [0.2, 0.25) is 0 Å². The topological polar surface area (TPSA) is 33.0 Å². The molecular formula is C10H8ClNO. The monoisotopic (exact) mass is 193 g/mol. The molecule has 1 aromatic carbocycles. The second-order valence-corrected chi connectivity index (χ2v) is 3.60. The molecule has 1 aliphatic heterocycles. The van der Waals surface area contributed by atoms with E-state index in [-0.39, 0.29) is 6.10 Å². The predicted molar refractivity (Wildman–Crippen MR) is 50.0 cm³/mol. The summed E-state index contributed by atoms with van der Waals surface area (Å²) in [6, 6.07) is 5.55. The van der Waals surface area contributed by atoms with Crippen LogP contribution in [0.25, 0.3) is 0 Å². The number of halogens is 1. The fourth-order valence-corrected chi connectivity index (χ4v) is 1.83. The zero-order valence-corrected chi connectivity index (χ0v) is 7.93. The summed E-state index contributed by atoms with van der Waals surface area (Å²) in [5.74, 6) is 0.744. The van der Waals surface area contributed by atoms with Crippen LogP contribution in [-0.2, 0) is 6.42 Å². The molecule has 13 heavy (non-hydrogen) atoms. The molecule has 0 aliphatic carbocycles. The lowest BCUT2D eigenvalue weighted by molar-refractivity contribution is 0.255. The molecule has 0 bridgehead atoms. The molecule has 1 aromatic rings. The van der Waals surface area contributed by atoms with E-state index in [1.807, 2.05) is 13.0 Å². The highest BCUT2D eigenvalue weighted by molar-refractivity contribution is 6.32. The Hall–Kier alpha value is -1.20. The second-order valence-electron chi connectivity index (χ2n) is 3.19. The smallest absolute Gasteiger partial charge is 0.141 e. The van der Waals surface area contributed by atoms with Crippen molar-refractivity contribution in [3.63, 3.8) is 0 Å². The summed E-state index contributed by atoms with van der Waals surface area (Å²) >= 11 is 5.94. The lowest BCUT2D eigenvalue weighted by Gasteiger charge is -2.03. The molecule has 0 radical (unpaired) electrons. The lowest BCUT2D eigenvalue weighted by atomic mass is 10.1. The van der Waals surface area contributed by atoms with Crippen molar-refractivity contribution >= 4 is 11.6 Å².